The molecule has 1 N–H and O–H groups in total. The minimum Gasteiger partial charge on any atom is -0.469 e. The van der Waals surface area contributed by atoms with Crippen LogP contribution in [0.15, 0.2) is 12.1 Å². The van der Waals surface area contributed by atoms with Gasteiger partial charge in [0.1, 0.15) is 0 Å². The third kappa shape index (κ3) is 8.15. The molecule has 0 radical (unpaired) electrons. The molecule has 1 heterocycles. The summed E-state index contributed by atoms with van der Waals surface area (Å²) < 4.78 is 35.2. The fourth-order valence-corrected chi connectivity index (χ4v) is 3.40. The second-order valence-electron chi connectivity index (χ2n) is 4.41. The largest absolute Gasteiger partial charge is 0.469 e. The Morgan fingerprint density at radius 1 is 1.33 bits per heavy atom. The molecular weight excluding hydrogens is 314 g/mol. The summed E-state index contributed by atoms with van der Waals surface area (Å²) in [5.74, 6) is -0.809. The molecule has 0 saturated heterocycles. The van der Waals surface area contributed by atoms with Crippen LogP contribution in [0.5, 0.6) is 0 Å². The highest BCUT2D eigenvalue weighted by atomic mass is 32.2. The molecule has 0 atom stereocenters. The Morgan fingerprint density at radius 3 is 2.71 bits per heavy atom. The normalized spacial score (nSPS) is 11.5. The zero-order valence-corrected chi connectivity index (χ0v) is 13.9. The molecule has 21 heavy (non-hydrogen) atoms. The van der Waals surface area contributed by atoms with E-state index in [4.69, 9.17) is 4.74 Å². The third-order valence-corrected chi connectivity index (χ3v) is 5.11. The summed E-state index contributed by atoms with van der Waals surface area (Å²) in [5, 5.41) is 0. The highest BCUT2D eigenvalue weighted by Crippen LogP contribution is 2.15. The van der Waals surface area contributed by atoms with Crippen LogP contribution in [0.25, 0.3) is 0 Å². The fourth-order valence-electron chi connectivity index (χ4n) is 1.56. The predicted octanol–water partition coefficient (Wildman–Crippen LogP) is 1.10. The molecule has 1 aromatic heterocycles. The van der Waals surface area contributed by atoms with E-state index in [9.17, 15) is 13.2 Å². The van der Waals surface area contributed by atoms with Crippen LogP contribution < -0.4 is 4.72 Å². The van der Waals surface area contributed by atoms with Crippen molar-refractivity contribution in [1.82, 2.24) is 4.72 Å². The van der Waals surface area contributed by atoms with Crippen LogP contribution in [0.2, 0.25) is 0 Å². The Kier molecular flexibility index (Phi) is 7.87. The number of hydrogen-bond donors (Lipinski definition) is 1. The Hall–Kier alpha value is -0.960. The van der Waals surface area contributed by atoms with Crippen molar-refractivity contribution in [3.05, 3.63) is 21.9 Å². The van der Waals surface area contributed by atoms with E-state index in [0.29, 0.717) is 13.2 Å². The first kappa shape index (κ1) is 18.1. The molecule has 0 aliphatic rings. The number of methoxy groups -OCH3 is 1. The van der Waals surface area contributed by atoms with Gasteiger partial charge in [-0.15, -0.1) is 11.3 Å². The minimum atomic E-state index is -3.45. The molecule has 1 aromatic rings. The quantitative estimate of drug-likeness (QED) is 0.511. The lowest BCUT2D eigenvalue weighted by atomic mass is 10.3. The fraction of sp³-hybridized carbons (Fsp3) is 0.615. The summed E-state index contributed by atoms with van der Waals surface area (Å²) in [6.07, 6.45) is 0.679. The predicted molar refractivity (Wildman–Crippen MR) is 82.0 cm³/mol. The van der Waals surface area contributed by atoms with Gasteiger partial charge in [0.15, 0.2) is 0 Å². The van der Waals surface area contributed by atoms with Crippen molar-refractivity contribution in [2.24, 2.45) is 0 Å². The van der Waals surface area contributed by atoms with Crippen LogP contribution in [-0.4, -0.2) is 47.0 Å². The lowest BCUT2D eigenvalue weighted by Crippen LogP contribution is -2.30. The second kappa shape index (κ2) is 9.14. The van der Waals surface area contributed by atoms with Crippen LogP contribution in [0, 0.1) is 6.92 Å². The van der Waals surface area contributed by atoms with Gasteiger partial charge in [0.2, 0.25) is 10.0 Å². The monoisotopic (exact) mass is 335 g/mol. The summed E-state index contributed by atoms with van der Waals surface area (Å²) in [6, 6.07) is 4.13. The van der Waals surface area contributed by atoms with Gasteiger partial charge in [0.25, 0.3) is 0 Å². The summed E-state index contributed by atoms with van der Waals surface area (Å²) in [7, 11) is -2.22. The Morgan fingerprint density at radius 2 is 2.10 bits per heavy atom. The lowest BCUT2D eigenvalue weighted by molar-refractivity contribution is -0.140. The van der Waals surface area contributed by atoms with Crippen molar-refractivity contribution in [3.8, 4) is 0 Å². The number of carbonyl (C=O) groups excluding carboxylic acids is 1. The zero-order valence-electron chi connectivity index (χ0n) is 12.3. The molecule has 0 bridgehead atoms. The maximum atomic E-state index is 11.5. The number of rotatable bonds is 10. The van der Waals surface area contributed by atoms with Crippen molar-refractivity contribution in [2.45, 2.75) is 19.8 Å². The van der Waals surface area contributed by atoms with E-state index < -0.39 is 16.0 Å². The first-order chi connectivity index (χ1) is 9.93. The highest BCUT2D eigenvalue weighted by Gasteiger charge is 2.12. The van der Waals surface area contributed by atoms with E-state index >= 15 is 0 Å². The van der Waals surface area contributed by atoms with Gasteiger partial charge in [-0.2, -0.15) is 0 Å². The Bertz CT molecular complexity index is 539. The smallest absolute Gasteiger partial charge is 0.306 e. The van der Waals surface area contributed by atoms with Crippen LogP contribution in [-0.2, 0) is 30.7 Å². The molecule has 0 amide bonds. The summed E-state index contributed by atoms with van der Waals surface area (Å²) in [6.45, 7) is 3.12. The second-order valence-corrected chi connectivity index (χ2v) is 7.71. The molecule has 0 fully saturated rings. The van der Waals surface area contributed by atoms with E-state index in [-0.39, 0.29) is 18.7 Å². The number of aryl methyl sites for hydroxylation is 1. The van der Waals surface area contributed by atoms with Gasteiger partial charge in [-0.05, 0) is 19.1 Å². The zero-order chi connectivity index (χ0) is 15.7. The van der Waals surface area contributed by atoms with Gasteiger partial charge in [-0.1, -0.05) is 0 Å². The average molecular weight is 335 g/mol. The molecule has 0 aliphatic carbocycles. The van der Waals surface area contributed by atoms with Crippen molar-refractivity contribution in [3.63, 3.8) is 0 Å². The molecular formula is C13H21NO5S2. The molecule has 6 nitrogen and oxygen atoms in total. The average Bonchev–Trinajstić information content (AvgIpc) is 2.85. The minimum absolute atomic E-state index is 0.148. The van der Waals surface area contributed by atoms with E-state index in [0.717, 1.165) is 6.42 Å². The Balaban J connectivity index is 2.08. The van der Waals surface area contributed by atoms with E-state index in [1.807, 2.05) is 0 Å². The van der Waals surface area contributed by atoms with E-state index in [1.165, 1.54) is 16.9 Å². The highest BCUT2D eigenvalue weighted by molar-refractivity contribution is 7.89. The molecule has 0 unspecified atom stereocenters. The van der Waals surface area contributed by atoms with Crippen LogP contribution in [0.3, 0.4) is 0 Å². The molecule has 0 saturated carbocycles. The summed E-state index contributed by atoms with van der Waals surface area (Å²) >= 11 is 1.73. The van der Waals surface area contributed by atoms with Crippen LogP contribution >= 0.6 is 11.3 Å². The third-order valence-electron chi connectivity index (χ3n) is 2.66. The maximum absolute atomic E-state index is 11.5. The number of sulfonamides is 1. The van der Waals surface area contributed by atoms with Gasteiger partial charge < -0.3 is 9.47 Å². The van der Waals surface area contributed by atoms with E-state index in [1.54, 1.807) is 11.3 Å². The Labute approximate surface area is 129 Å². The summed E-state index contributed by atoms with van der Waals surface area (Å²) in [5.41, 5.74) is 0. The number of ether oxygens (including phenoxy) is 2. The van der Waals surface area contributed by atoms with Gasteiger partial charge in [-0.3, -0.25) is 4.79 Å². The van der Waals surface area contributed by atoms with Crippen LogP contribution in [0.1, 0.15) is 16.2 Å². The number of nitrogens with one attached hydrogen (secondary N) is 1. The van der Waals surface area contributed by atoms with E-state index in [2.05, 4.69) is 28.5 Å². The van der Waals surface area contributed by atoms with Crippen molar-refractivity contribution in [1.29, 1.82) is 0 Å². The molecule has 0 spiro atoms. The van der Waals surface area contributed by atoms with Gasteiger partial charge in [-0.25, -0.2) is 13.1 Å². The maximum Gasteiger partial charge on any atom is 0.306 e. The summed E-state index contributed by atoms with van der Waals surface area (Å²) in [4.78, 5) is 13.4. The van der Waals surface area contributed by atoms with Gasteiger partial charge in [0.05, 0.1) is 32.5 Å². The first-order valence-corrected chi connectivity index (χ1v) is 9.07. The topological polar surface area (TPSA) is 81.7 Å². The number of thiophene rings is 1. The lowest BCUT2D eigenvalue weighted by Gasteiger charge is -2.06. The number of carbonyl (C=O) groups is 1. The molecule has 0 aromatic carbocycles. The number of esters is 1. The molecule has 120 valence electrons. The van der Waals surface area contributed by atoms with Gasteiger partial charge >= 0.3 is 5.97 Å². The SMILES string of the molecule is COC(=O)CCS(=O)(=O)NCCOCCc1ccc(C)s1. The van der Waals surface area contributed by atoms with Crippen LogP contribution in [0.4, 0.5) is 0 Å². The molecule has 0 aliphatic heterocycles. The first-order valence-electron chi connectivity index (χ1n) is 6.60. The van der Waals surface area contributed by atoms with Crippen molar-refractivity contribution >= 4 is 27.3 Å². The van der Waals surface area contributed by atoms with Crippen molar-refractivity contribution in [2.75, 3.05) is 32.6 Å². The van der Waals surface area contributed by atoms with Crippen molar-refractivity contribution < 1.29 is 22.7 Å². The molecule has 8 heteroatoms. The standard InChI is InChI=1S/C13H21NO5S2/c1-11-3-4-12(20-11)5-8-19-9-7-14-21(16,17)10-6-13(15)18-2/h3-4,14H,5-10H2,1-2H3. The molecule has 1 rings (SSSR count). The number of hydrogen-bond acceptors (Lipinski definition) is 6. The van der Waals surface area contributed by atoms with Gasteiger partial charge in [0, 0.05) is 22.7 Å².